The number of ether oxygens (including phenoxy) is 5. The summed E-state index contributed by atoms with van der Waals surface area (Å²) in [4.78, 5) is 50.5. The van der Waals surface area contributed by atoms with Crippen LogP contribution in [0.15, 0.2) is 59.2 Å². The molecule has 1 aromatic heterocycles. The lowest BCUT2D eigenvalue weighted by atomic mass is 9.84. The number of benzene rings is 1. The van der Waals surface area contributed by atoms with E-state index in [1.54, 1.807) is 11.3 Å². The van der Waals surface area contributed by atoms with Gasteiger partial charge in [0.1, 0.15) is 6.10 Å². The van der Waals surface area contributed by atoms with Gasteiger partial charge in [0.05, 0.1) is 0 Å². The molecule has 4 rings (SSSR count). The lowest BCUT2D eigenvalue weighted by molar-refractivity contribution is -0.289. The predicted octanol–water partition coefficient (Wildman–Crippen LogP) is 4.66. The molecule has 10 nitrogen and oxygen atoms in total. The normalized spacial score (nSPS) is 23.9. The Morgan fingerprint density at radius 3 is 2.14 bits per heavy atom. The second-order valence-corrected chi connectivity index (χ2v) is 11.5. The van der Waals surface area contributed by atoms with E-state index >= 15 is 0 Å². The SMILES string of the molecule is CC(=O)O[C@H]1OC(C2=CC(Cc3ccc(-c4cccc(N)c4)s3)=C(C)CC2)[C@H](OC(C)=O)[C@@H](OC(C)=O)[C@@H]1OC(C)=O. The van der Waals surface area contributed by atoms with Crippen LogP contribution in [0.3, 0.4) is 0 Å². The minimum atomic E-state index is -1.40. The monoisotopic (exact) mass is 597 g/mol. The molecule has 1 fully saturated rings. The number of allylic oxidation sites excluding steroid dienone is 3. The van der Waals surface area contributed by atoms with Crippen LogP contribution in [0.25, 0.3) is 10.4 Å². The number of hydrogen-bond acceptors (Lipinski definition) is 11. The lowest BCUT2D eigenvalue weighted by Crippen LogP contribution is -2.62. The fourth-order valence-electron chi connectivity index (χ4n) is 5.18. The van der Waals surface area contributed by atoms with Crippen molar-refractivity contribution in [1.29, 1.82) is 0 Å². The van der Waals surface area contributed by atoms with Gasteiger partial charge in [-0.05, 0) is 60.7 Å². The maximum atomic E-state index is 12.2. The highest BCUT2D eigenvalue weighted by Crippen LogP contribution is 2.38. The smallest absolute Gasteiger partial charge is 0.305 e. The van der Waals surface area contributed by atoms with Crippen molar-refractivity contribution in [3.63, 3.8) is 0 Å². The third kappa shape index (κ3) is 7.65. The number of nitrogen functional groups attached to an aromatic ring is 1. The van der Waals surface area contributed by atoms with Gasteiger partial charge in [0.15, 0.2) is 12.2 Å². The van der Waals surface area contributed by atoms with Gasteiger partial charge >= 0.3 is 23.9 Å². The fourth-order valence-corrected chi connectivity index (χ4v) is 6.20. The summed E-state index contributed by atoms with van der Waals surface area (Å²) in [6.07, 6.45) is -2.21. The molecule has 2 aromatic rings. The van der Waals surface area contributed by atoms with Crippen LogP contribution >= 0.6 is 11.3 Å². The molecule has 5 atom stereocenters. The highest BCUT2D eigenvalue weighted by Gasteiger charge is 2.54. The van der Waals surface area contributed by atoms with Crippen molar-refractivity contribution >= 4 is 40.9 Å². The van der Waals surface area contributed by atoms with E-state index in [1.165, 1.54) is 26.3 Å². The summed E-state index contributed by atoms with van der Waals surface area (Å²) < 4.78 is 28.1. The van der Waals surface area contributed by atoms with Gasteiger partial charge in [-0.1, -0.05) is 23.8 Å². The van der Waals surface area contributed by atoms with Gasteiger partial charge in [0, 0.05) is 49.6 Å². The van der Waals surface area contributed by atoms with Gasteiger partial charge in [0.25, 0.3) is 0 Å². The molecule has 11 heteroatoms. The highest BCUT2D eigenvalue weighted by atomic mass is 32.1. The number of carbonyl (C=O) groups is 4. The lowest BCUT2D eigenvalue weighted by Gasteiger charge is -2.45. The molecule has 2 heterocycles. The van der Waals surface area contributed by atoms with E-state index in [1.807, 2.05) is 30.3 Å². The van der Waals surface area contributed by atoms with E-state index in [9.17, 15) is 19.2 Å². The molecule has 1 unspecified atom stereocenters. The summed E-state index contributed by atoms with van der Waals surface area (Å²) in [5.41, 5.74) is 10.8. The molecular formula is C31H35NO9S. The van der Waals surface area contributed by atoms with Crippen molar-refractivity contribution in [3.05, 3.63) is 64.1 Å². The first-order valence-electron chi connectivity index (χ1n) is 13.6. The third-order valence-corrected chi connectivity index (χ3v) is 8.08. The molecule has 0 amide bonds. The Hall–Kier alpha value is -3.96. The second kappa shape index (κ2) is 13.3. The van der Waals surface area contributed by atoms with Crippen molar-refractivity contribution < 1.29 is 42.9 Å². The van der Waals surface area contributed by atoms with Crippen LogP contribution in [-0.2, 0) is 49.3 Å². The number of thiophene rings is 1. The third-order valence-electron chi connectivity index (χ3n) is 6.94. The number of anilines is 1. The van der Waals surface area contributed by atoms with Crippen molar-refractivity contribution in [2.75, 3.05) is 5.73 Å². The summed E-state index contributed by atoms with van der Waals surface area (Å²) in [7, 11) is 0. The zero-order chi connectivity index (χ0) is 30.6. The number of hydrogen-bond donors (Lipinski definition) is 1. The average Bonchev–Trinajstić information content (AvgIpc) is 3.36. The quantitative estimate of drug-likeness (QED) is 0.260. The zero-order valence-electron chi connectivity index (χ0n) is 24.2. The van der Waals surface area contributed by atoms with Crippen molar-refractivity contribution in [1.82, 2.24) is 0 Å². The molecule has 224 valence electrons. The van der Waals surface area contributed by atoms with Gasteiger partial charge in [-0.15, -0.1) is 11.3 Å². The van der Waals surface area contributed by atoms with Gasteiger partial charge in [0.2, 0.25) is 12.4 Å². The van der Waals surface area contributed by atoms with E-state index in [0.29, 0.717) is 24.9 Å². The van der Waals surface area contributed by atoms with Crippen molar-refractivity contribution in [2.24, 2.45) is 0 Å². The molecule has 1 aliphatic heterocycles. The van der Waals surface area contributed by atoms with Gasteiger partial charge in [-0.25, -0.2) is 0 Å². The first kappa shape index (κ1) is 31.0. The van der Waals surface area contributed by atoms with E-state index in [-0.39, 0.29) is 0 Å². The molecule has 0 bridgehead atoms. The number of carbonyl (C=O) groups excluding carboxylic acids is 4. The molecule has 0 radical (unpaired) electrons. The van der Waals surface area contributed by atoms with E-state index in [2.05, 4.69) is 19.1 Å². The summed E-state index contributed by atoms with van der Waals surface area (Å²) in [5, 5.41) is 0. The minimum Gasteiger partial charge on any atom is -0.455 e. The van der Waals surface area contributed by atoms with Crippen LogP contribution < -0.4 is 5.73 Å². The zero-order valence-corrected chi connectivity index (χ0v) is 25.0. The number of rotatable bonds is 8. The Kier molecular flexibility index (Phi) is 9.85. The molecule has 42 heavy (non-hydrogen) atoms. The Morgan fingerprint density at radius 1 is 0.857 bits per heavy atom. The van der Waals surface area contributed by atoms with E-state index < -0.39 is 54.6 Å². The van der Waals surface area contributed by atoms with Gasteiger partial charge in [-0.3, -0.25) is 19.2 Å². The van der Waals surface area contributed by atoms with Gasteiger partial charge in [-0.2, -0.15) is 0 Å². The Bertz CT molecular complexity index is 1420. The average molecular weight is 598 g/mol. The Labute approximate surface area is 248 Å². The standard InChI is InChI=1S/C31H35NO9S/c1-16-9-10-22(13-23(16)15-25-11-12-26(42-25)21-7-6-8-24(32)14-21)27-28(37-17(2)33)29(38-18(3)34)30(39-19(4)35)31(41-27)40-20(5)36/h6-8,11-14,27-31H,9-10,15,32H2,1-5H3/t27?,28-,29+,30-,31-/m0/s1. The van der Waals surface area contributed by atoms with Crippen LogP contribution in [0, 0.1) is 0 Å². The maximum absolute atomic E-state index is 12.2. The van der Waals surface area contributed by atoms with E-state index in [4.69, 9.17) is 29.4 Å². The molecule has 1 aromatic carbocycles. The molecule has 0 saturated carbocycles. The molecule has 0 spiro atoms. The Balaban J connectivity index is 1.68. The fraction of sp³-hybridized carbons (Fsp3) is 0.419. The first-order chi connectivity index (χ1) is 19.9. The topological polar surface area (TPSA) is 140 Å². The minimum absolute atomic E-state index is 0.564. The van der Waals surface area contributed by atoms with E-state index in [0.717, 1.165) is 33.4 Å². The predicted molar refractivity (Wildman–Crippen MR) is 155 cm³/mol. The molecular weight excluding hydrogens is 562 g/mol. The van der Waals surface area contributed by atoms with Crippen LogP contribution in [0.1, 0.15) is 52.3 Å². The summed E-state index contributed by atoms with van der Waals surface area (Å²) in [5.74, 6) is -2.75. The van der Waals surface area contributed by atoms with Crippen LogP contribution in [0.2, 0.25) is 0 Å². The maximum Gasteiger partial charge on any atom is 0.305 e. The first-order valence-corrected chi connectivity index (χ1v) is 14.4. The molecule has 2 N–H and O–H groups in total. The highest BCUT2D eigenvalue weighted by molar-refractivity contribution is 7.15. The van der Waals surface area contributed by atoms with Crippen LogP contribution in [0.4, 0.5) is 5.69 Å². The Morgan fingerprint density at radius 2 is 1.50 bits per heavy atom. The number of nitrogens with two attached hydrogens (primary N) is 1. The van der Waals surface area contributed by atoms with Crippen molar-refractivity contribution in [3.8, 4) is 10.4 Å². The summed E-state index contributed by atoms with van der Waals surface area (Å²) >= 11 is 1.67. The van der Waals surface area contributed by atoms with Crippen LogP contribution in [-0.4, -0.2) is 54.6 Å². The van der Waals surface area contributed by atoms with Gasteiger partial charge < -0.3 is 29.4 Å². The van der Waals surface area contributed by atoms with Crippen molar-refractivity contribution in [2.45, 2.75) is 84.6 Å². The number of esters is 4. The second-order valence-electron chi connectivity index (χ2n) is 10.3. The molecule has 1 saturated heterocycles. The summed E-state index contributed by atoms with van der Waals surface area (Å²) in [6, 6.07) is 11.9. The molecule has 1 aliphatic carbocycles. The van der Waals surface area contributed by atoms with Crippen LogP contribution in [0.5, 0.6) is 0 Å². The summed E-state index contributed by atoms with van der Waals surface area (Å²) in [6.45, 7) is 6.82. The molecule has 2 aliphatic rings. The largest absolute Gasteiger partial charge is 0.455 e.